The van der Waals surface area contributed by atoms with Gasteiger partial charge in [0, 0.05) is 11.6 Å². The van der Waals surface area contributed by atoms with Crippen LogP contribution in [0.5, 0.6) is 5.75 Å². The number of nitro groups is 1. The maximum atomic E-state index is 12.1. The maximum Gasteiger partial charge on any atom is 0.311 e. The van der Waals surface area contributed by atoms with Crippen molar-refractivity contribution >= 4 is 28.6 Å². The minimum Gasteiger partial charge on any atom is -0.502 e. The van der Waals surface area contributed by atoms with E-state index in [9.17, 15) is 20.0 Å². The Kier molecular flexibility index (Phi) is 4.89. The molecule has 0 heterocycles. The second-order valence-electron chi connectivity index (χ2n) is 5.58. The van der Waals surface area contributed by atoms with Gasteiger partial charge in [0.2, 0.25) is 11.7 Å². The topological polar surface area (TPSA) is 105 Å². The Labute approximate surface area is 148 Å². The molecule has 0 bridgehead atoms. The largest absolute Gasteiger partial charge is 0.502 e. The fraction of sp³-hybridized carbons (Fsp3) is 0.0526. The van der Waals surface area contributed by atoms with Gasteiger partial charge in [-0.15, -0.1) is 0 Å². The van der Waals surface area contributed by atoms with E-state index in [1.165, 1.54) is 24.4 Å². The van der Waals surface area contributed by atoms with Crippen molar-refractivity contribution in [2.45, 2.75) is 6.42 Å². The molecule has 0 atom stereocenters. The van der Waals surface area contributed by atoms with E-state index < -0.39 is 16.4 Å². The molecule has 3 aromatic carbocycles. The Morgan fingerprint density at radius 2 is 1.85 bits per heavy atom. The fourth-order valence-electron chi connectivity index (χ4n) is 2.63. The number of nitrogens with zero attached hydrogens (tertiary/aromatic N) is 2. The SMILES string of the molecule is O=C(Cc1cccc2ccccc12)N/N=C/c1cccc([N+](=O)[O-])c1O. The number of fused-ring (bicyclic) bond motifs is 1. The molecule has 7 heteroatoms. The summed E-state index contributed by atoms with van der Waals surface area (Å²) in [6.45, 7) is 0. The van der Waals surface area contributed by atoms with E-state index >= 15 is 0 Å². The number of nitro benzene ring substituents is 1. The number of benzene rings is 3. The molecule has 0 unspecified atom stereocenters. The van der Waals surface area contributed by atoms with Gasteiger partial charge in [-0.25, -0.2) is 5.43 Å². The van der Waals surface area contributed by atoms with E-state index in [0.29, 0.717) is 0 Å². The summed E-state index contributed by atoms with van der Waals surface area (Å²) >= 11 is 0. The minimum atomic E-state index is -0.689. The molecule has 0 fully saturated rings. The van der Waals surface area contributed by atoms with Crippen LogP contribution in [0.1, 0.15) is 11.1 Å². The molecule has 0 saturated carbocycles. The van der Waals surface area contributed by atoms with Crippen LogP contribution in [0.4, 0.5) is 5.69 Å². The van der Waals surface area contributed by atoms with Crippen molar-refractivity contribution in [3.63, 3.8) is 0 Å². The number of carbonyl (C=O) groups excluding carboxylic acids is 1. The predicted octanol–water partition coefficient (Wildman–Crippen LogP) is 3.15. The molecule has 26 heavy (non-hydrogen) atoms. The van der Waals surface area contributed by atoms with Crippen LogP contribution in [0.2, 0.25) is 0 Å². The van der Waals surface area contributed by atoms with Crippen LogP contribution in [0.3, 0.4) is 0 Å². The summed E-state index contributed by atoms with van der Waals surface area (Å²) < 4.78 is 0. The molecule has 1 amide bonds. The first-order valence-electron chi connectivity index (χ1n) is 7.81. The standard InChI is InChI=1S/C19H15N3O4/c23-18(11-14-7-3-6-13-5-1-2-9-16(13)14)21-20-12-15-8-4-10-17(19(15)24)22(25)26/h1-10,12,24H,11H2,(H,21,23)/b20-12+. The number of hydrazone groups is 1. The maximum absolute atomic E-state index is 12.1. The molecule has 0 radical (unpaired) electrons. The molecule has 3 aromatic rings. The molecule has 3 rings (SSSR count). The average Bonchev–Trinajstić information content (AvgIpc) is 2.63. The van der Waals surface area contributed by atoms with E-state index in [4.69, 9.17) is 0 Å². The van der Waals surface area contributed by atoms with Crippen LogP contribution in [0.25, 0.3) is 10.8 Å². The molecule has 2 N–H and O–H groups in total. The molecular formula is C19H15N3O4. The lowest BCUT2D eigenvalue weighted by molar-refractivity contribution is -0.385. The van der Waals surface area contributed by atoms with Gasteiger partial charge < -0.3 is 5.11 Å². The molecule has 0 aliphatic rings. The summed E-state index contributed by atoms with van der Waals surface area (Å²) in [6.07, 6.45) is 1.31. The molecule has 0 aliphatic heterocycles. The smallest absolute Gasteiger partial charge is 0.311 e. The van der Waals surface area contributed by atoms with Gasteiger partial charge in [0.05, 0.1) is 17.6 Å². The van der Waals surface area contributed by atoms with Crippen LogP contribution in [-0.2, 0) is 11.2 Å². The first-order chi connectivity index (χ1) is 12.6. The minimum absolute atomic E-state index is 0.139. The number of para-hydroxylation sites is 1. The van der Waals surface area contributed by atoms with Crippen molar-refractivity contribution in [1.29, 1.82) is 0 Å². The predicted molar refractivity (Wildman–Crippen MR) is 98.1 cm³/mol. The van der Waals surface area contributed by atoms with Gasteiger partial charge in [-0.3, -0.25) is 14.9 Å². The van der Waals surface area contributed by atoms with Crippen molar-refractivity contribution < 1.29 is 14.8 Å². The number of phenols is 1. The van der Waals surface area contributed by atoms with E-state index in [1.54, 1.807) is 0 Å². The summed E-state index contributed by atoms with van der Waals surface area (Å²) in [5.74, 6) is -0.827. The lowest BCUT2D eigenvalue weighted by atomic mass is 10.0. The Balaban J connectivity index is 1.70. The Morgan fingerprint density at radius 3 is 2.65 bits per heavy atom. The second-order valence-corrected chi connectivity index (χ2v) is 5.58. The first kappa shape index (κ1) is 17.1. The van der Waals surface area contributed by atoms with Crippen molar-refractivity contribution in [3.8, 4) is 5.75 Å². The van der Waals surface area contributed by atoms with Gasteiger partial charge in [0.15, 0.2) is 0 Å². The highest BCUT2D eigenvalue weighted by atomic mass is 16.6. The summed E-state index contributed by atoms with van der Waals surface area (Å²) in [7, 11) is 0. The zero-order chi connectivity index (χ0) is 18.5. The molecule has 0 aromatic heterocycles. The number of hydrogen-bond donors (Lipinski definition) is 2. The van der Waals surface area contributed by atoms with Crippen molar-refractivity contribution in [3.05, 3.63) is 81.9 Å². The summed E-state index contributed by atoms with van der Waals surface area (Å²) in [6, 6.07) is 17.6. The quantitative estimate of drug-likeness (QED) is 0.419. The second kappa shape index (κ2) is 7.43. The van der Waals surface area contributed by atoms with Crippen LogP contribution in [0.15, 0.2) is 65.8 Å². The molecule has 0 spiro atoms. The van der Waals surface area contributed by atoms with Gasteiger partial charge in [0.1, 0.15) is 0 Å². The number of aromatic hydroxyl groups is 1. The number of rotatable bonds is 5. The Hall–Kier alpha value is -3.74. The van der Waals surface area contributed by atoms with Gasteiger partial charge in [-0.2, -0.15) is 5.10 Å². The van der Waals surface area contributed by atoms with Gasteiger partial charge in [-0.05, 0) is 22.4 Å². The van der Waals surface area contributed by atoms with Crippen molar-refractivity contribution in [2.24, 2.45) is 5.10 Å². The third-order valence-corrected chi connectivity index (χ3v) is 3.87. The highest BCUT2D eigenvalue weighted by Crippen LogP contribution is 2.27. The summed E-state index contributed by atoms with van der Waals surface area (Å²) in [4.78, 5) is 22.2. The zero-order valence-electron chi connectivity index (χ0n) is 13.6. The van der Waals surface area contributed by atoms with Crippen molar-refractivity contribution in [1.82, 2.24) is 5.43 Å². The van der Waals surface area contributed by atoms with Crippen LogP contribution in [0, 0.1) is 10.1 Å². The fourth-order valence-corrected chi connectivity index (χ4v) is 2.63. The number of hydrogen-bond acceptors (Lipinski definition) is 5. The number of nitrogens with one attached hydrogen (secondary N) is 1. The third kappa shape index (κ3) is 3.67. The third-order valence-electron chi connectivity index (χ3n) is 3.87. The summed E-state index contributed by atoms with van der Waals surface area (Å²) in [5, 5.41) is 26.4. The zero-order valence-corrected chi connectivity index (χ0v) is 13.6. The van der Waals surface area contributed by atoms with Crippen LogP contribution >= 0.6 is 0 Å². The van der Waals surface area contributed by atoms with Crippen molar-refractivity contribution in [2.75, 3.05) is 0 Å². The van der Waals surface area contributed by atoms with Gasteiger partial charge in [-0.1, -0.05) is 48.5 Å². The van der Waals surface area contributed by atoms with E-state index in [-0.39, 0.29) is 17.9 Å². The number of phenolic OH excluding ortho intramolecular Hbond substituents is 1. The highest BCUT2D eigenvalue weighted by Gasteiger charge is 2.15. The Bertz CT molecular complexity index is 1010. The molecule has 0 saturated heterocycles. The molecular weight excluding hydrogens is 334 g/mol. The van der Waals surface area contributed by atoms with Gasteiger partial charge >= 0.3 is 5.69 Å². The van der Waals surface area contributed by atoms with Crippen LogP contribution < -0.4 is 5.43 Å². The van der Waals surface area contributed by atoms with Gasteiger partial charge in [0.25, 0.3) is 0 Å². The highest BCUT2D eigenvalue weighted by molar-refractivity contribution is 5.91. The lowest BCUT2D eigenvalue weighted by Crippen LogP contribution is -2.19. The monoisotopic (exact) mass is 349 g/mol. The molecule has 0 aliphatic carbocycles. The van der Waals surface area contributed by atoms with Crippen LogP contribution in [-0.4, -0.2) is 22.2 Å². The average molecular weight is 349 g/mol. The van der Waals surface area contributed by atoms with E-state index in [2.05, 4.69) is 10.5 Å². The molecule has 7 nitrogen and oxygen atoms in total. The normalized spacial score (nSPS) is 10.9. The Morgan fingerprint density at radius 1 is 1.12 bits per heavy atom. The first-order valence-corrected chi connectivity index (χ1v) is 7.81. The number of carbonyl (C=O) groups is 1. The molecule has 130 valence electrons. The van der Waals surface area contributed by atoms with E-state index in [1.807, 2.05) is 42.5 Å². The lowest BCUT2D eigenvalue weighted by Gasteiger charge is -2.05. The number of amides is 1. The van der Waals surface area contributed by atoms with E-state index in [0.717, 1.165) is 16.3 Å². The summed E-state index contributed by atoms with van der Waals surface area (Å²) in [5.41, 5.74) is 2.96.